The second-order valence-corrected chi connectivity index (χ2v) is 4.56. The zero-order valence-electron chi connectivity index (χ0n) is 9.73. The summed E-state index contributed by atoms with van der Waals surface area (Å²) in [5, 5.41) is 11.4. The summed E-state index contributed by atoms with van der Waals surface area (Å²) in [6.07, 6.45) is 3.68. The molecule has 0 saturated heterocycles. The third-order valence-electron chi connectivity index (χ3n) is 2.28. The molecule has 0 aliphatic rings. The molecule has 0 aliphatic heterocycles. The molecule has 94 valence electrons. The Balaban J connectivity index is 2.64. The van der Waals surface area contributed by atoms with E-state index in [-0.39, 0.29) is 5.76 Å². The number of amides is 1. The van der Waals surface area contributed by atoms with Gasteiger partial charge >= 0.3 is 5.97 Å². The van der Waals surface area contributed by atoms with Crippen LogP contribution < -0.4 is 5.32 Å². The predicted molar refractivity (Wildman–Crippen MR) is 65.3 cm³/mol. The minimum absolute atomic E-state index is 0.167. The average molecular weight is 257 g/mol. The summed E-state index contributed by atoms with van der Waals surface area (Å²) >= 11 is 1.54. The second-order valence-electron chi connectivity index (χ2n) is 3.58. The number of carboxylic acid groups (broad SMARTS) is 1. The van der Waals surface area contributed by atoms with Crippen molar-refractivity contribution in [2.24, 2.45) is 0 Å². The van der Waals surface area contributed by atoms with Crippen LogP contribution in [0.4, 0.5) is 0 Å². The van der Waals surface area contributed by atoms with E-state index >= 15 is 0 Å². The van der Waals surface area contributed by atoms with Crippen LogP contribution in [0.5, 0.6) is 0 Å². The van der Waals surface area contributed by atoms with Gasteiger partial charge < -0.3 is 14.8 Å². The van der Waals surface area contributed by atoms with Crippen molar-refractivity contribution in [3.63, 3.8) is 0 Å². The van der Waals surface area contributed by atoms with Crippen molar-refractivity contribution in [1.82, 2.24) is 5.32 Å². The quantitative estimate of drug-likeness (QED) is 0.807. The Kier molecular flexibility index (Phi) is 5.09. The smallest absolute Gasteiger partial charge is 0.326 e. The molecule has 0 aliphatic carbocycles. The van der Waals surface area contributed by atoms with Crippen molar-refractivity contribution in [3.8, 4) is 0 Å². The number of carbonyl (C=O) groups is 2. The van der Waals surface area contributed by atoms with Gasteiger partial charge in [0.15, 0.2) is 5.76 Å². The molecule has 1 aromatic rings. The fourth-order valence-corrected chi connectivity index (χ4v) is 1.79. The molecule has 17 heavy (non-hydrogen) atoms. The lowest BCUT2D eigenvalue weighted by Gasteiger charge is -2.13. The fourth-order valence-electron chi connectivity index (χ4n) is 1.32. The largest absolute Gasteiger partial charge is 0.480 e. The van der Waals surface area contributed by atoms with Gasteiger partial charge in [0.2, 0.25) is 0 Å². The van der Waals surface area contributed by atoms with Gasteiger partial charge in [-0.3, -0.25) is 4.79 Å². The van der Waals surface area contributed by atoms with Gasteiger partial charge in [0.05, 0.1) is 6.26 Å². The number of thioether (sulfide) groups is 1. The zero-order chi connectivity index (χ0) is 12.8. The van der Waals surface area contributed by atoms with Gasteiger partial charge in [-0.1, -0.05) is 0 Å². The highest BCUT2D eigenvalue weighted by atomic mass is 32.2. The summed E-state index contributed by atoms with van der Waals surface area (Å²) in [6, 6.07) is 0.784. The molecular formula is C11H15NO4S. The number of furan rings is 1. The van der Waals surface area contributed by atoms with Gasteiger partial charge in [0.25, 0.3) is 5.91 Å². The van der Waals surface area contributed by atoms with Gasteiger partial charge in [0.1, 0.15) is 6.04 Å². The first kappa shape index (κ1) is 13.6. The average Bonchev–Trinajstić information content (AvgIpc) is 2.70. The SMILES string of the molecule is CSCC[C@H](NC(=O)c1occc1C)C(=O)O. The molecule has 6 heteroatoms. The topological polar surface area (TPSA) is 79.5 Å². The Morgan fingerprint density at radius 3 is 2.76 bits per heavy atom. The Labute approximate surface area is 104 Å². The maximum atomic E-state index is 11.7. The third kappa shape index (κ3) is 3.81. The van der Waals surface area contributed by atoms with Crippen molar-refractivity contribution >= 4 is 23.6 Å². The molecular weight excluding hydrogens is 242 g/mol. The normalized spacial score (nSPS) is 12.1. The van der Waals surface area contributed by atoms with Crippen LogP contribution in [0.2, 0.25) is 0 Å². The van der Waals surface area contributed by atoms with Crippen LogP contribution in [0.25, 0.3) is 0 Å². The molecule has 0 bridgehead atoms. The first-order valence-electron chi connectivity index (χ1n) is 5.13. The van der Waals surface area contributed by atoms with E-state index in [1.807, 2.05) is 6.26 Å². The number of carbonyl (C=O) groups excluding carboxylic acids is 1. The third-order valence-corrected chi connectivity index (χ3v) is 2.93. The van der Waals surface area contributed by atoms with Crippen LogP contribution in [0, 0.1) is 6.92 Å². The van der Waals surface area contributed by atoms with Gasteiger partial charge in [-0.2, -0.15) is 11.8 Å². The number of rotatable bonds is 6. The van der Waals surface area contributed by atoms with Crippen molar-refractivity contribution in [1.29, 1.82) is 0 Å². The lowest BCUT2D eigenvalue weighted by molar-refractivity contribution is -0.139. The van der Waals surface area contributed by atoms with Gasteiger partial charge in [-0.15, -0.1) is 0 Å². The number of carboxylic acids is 1. The van der Waals surface area contributed by atoms with Crippen LogP contribution in [0.3, 0.4) is 0 Å². The molecule has 0 aromatic carbocycles. The van der Waals surface area contributed by atoms with E-state index in [9.17, 15) is 9.59 Å². The Morgan fingerprint density at radius 1 is 1.59 bits per heavy atom. The van der Waals surface area contributed by atoms with Crippen LogP contribution in [0.15, 0.2) is 16.7 Å². The molecule has 2 N–H and O–H groups in total. The number of hydrogen-bond acceptors (Lipinski definition) is 4. The second kappa shape index (κ2) is 6.34. The molecule has 0 spiro atoms. The van der Waals surface area contributed by atoms with Crippen molar-refractivity contribution in [3.05, 3.63) is 23.7 Å². The molecule has 1 amide bonds. The van der Waals surface area contributed by atoms with Crippen LogP contribution in [-0.2, 0) is 4.79 Å². The minimum Gasteiger partial charge on any atom is -0.480 e. The molecule has 0 unspecified atom stereocenters. The van der Waals surface area contributed by atoms with E-state index in [4.69, 9.17) is 9.52 Å². The molecule has 0 saturated carbocycles. The standard InChI is InChI=1S/C11H15NO4S/c1-7-3-5-16-9(7)10(13)12-8(11(14)15)4-6-17-2/h3,5,8H,4,6H2,1-2H3,(H,12,13)(H,14,15)/t8-/m0/s1. The fraction of sp³-hybridized carbons (Fsp3) is 0.455. The molecule has 0 fully saturated rings. The Hall–Kier alpha value is -1.43. The maximum Gasteiger partial charge on any atom is 0.326 e. The lowest BCUT2D eigenvalue weighted by atomic mass is 10.2. The molecule has 0 radical (unpaired) electrons. The summed E-state index contributed by atoms with van der Waals surface area (Å²) in [4.78, 5) is 22.7. The molecule has 1 heterocycles. The van der Waals surface area contributed by atoms with Crippen LogP contribution in [0.1, 0.15) is 22.5 Å². The number of hydrogen-bond donors (Lipinski definition) is 2. The monoisotopic (exact) mass is 257 g/mol. The number of aryl methyl sites for hydroxylation is 1. The number of aliphatic carboxylic acids is 1. The molecule has 1 aromatic heterocycles. The Bertz CT molecular complexity index is 402. The first-order valence-corrected chi connectivity index (χ1v) is 6.52. The first-order chi connectivity index (χ1) is 8.06. The van der Waals surface area contributed by atoms with E-state index in [0.717, 1.165) is 0 Å². The number of nitrogens with one attached hydrogen (secondary N) is 1. The predicted octanol–water partition coefficient (Wildman–Crippen LogP) is 1.52. The lowest BCUT2D eigenvalue weighted by Crippen LogP contribution is -2.41. The van der Waals surface area contributed by atoms with Gasteiger partial charge in [0, 0.05) is 5.56 Å². The van der Waals surface area contributed by atoms with Crippen LogP contribution >= 0.6 is 11.8 Å². The van der Waals surface area contributed by atoms with E-state index in [2.05, 4.69) is 5.32 Å². The van der Waals surface area contributed by atoms with Crippen LogP contribution in [-0.4, -0.2) is 35.0 Å². The Morgan fingerprint density at radius 2 is 2.29 bits per heavy atom. The highest BCUT2D eigenvalue weighted by Crippen LogP contribution is 2.09. The zero-order valence-corrected chi connectivity index (χ0v) is 10.5. The van der Waals surface area contributed by atoms with Crippen molar-refractivity contribution in [2.75, 3.05) is 12.0 Å². The van der Waals surface area contributed by atoms with Gasteiger partial charge in [-0.05, 0) is 31.4 Å². The van der Waals surface area contributed by atoms with Crippen molar-refractivity contribution < 1.29 is 19.1 Å². The highest BCUT2D eigenvalue weighted by Gasteiger charge is 2.22. The van der Waals surface area contributed by atoms with E-state index in [1.165, 1.54) is 18.0 Å². The minimum atomic E-state index is -1.03. The summed E-state index contributed by atoms with van der Waals surface area (Å²) < 4.78 is 5.00. The van der Waals surface area contributed by atoms with Gasteiger partial charge in [-0.25, -0.2) is 4.79 Å². The molecule has 1 atom stereocenters. The summed E-state index contributed by atoms with van der Waals surface area (Å²) in [5.41, 5.74) is 0.691. The maximum absolute atomic E-state index is 11.7. The van der Waals surface area contributed by atoms with E-state index in [1.54, 1.807) is 13.0 Å². The highest BCUT2D eigenvalue weighted by molar-refractivity contribution is 7.98. The van der Waals surface area contributed by atoms with Crippen molar-refractivity contribution in [2.45, 2.75) is 19.4 Å². The summed E-state index contributed by atoms with van der Waals surface area (Å²) in [7, 11) is 0. The molecule has 5 nitrogen and oxygen atoms in total. The van der Waals surface area contributed by atoms with E-state index in [0.29, 0.717) is 17.7 Å². The summed E-state index contributed by atoms with van der Waals surface area (Å²) in [6.45, 7) is 1.73. The van der Waals surface area contributed by atoms with E-state index < -0.39 is 17.9 Å². The molecule has 1 rings (SSSR count). The summed E-state index contributed by atoms with van der Waals surface area (Å²) in [5.74, 6) is -0.674.